The number of nitrogens with zero attached hydrogens (tertiary/aromatic N) is 3. The fraction of sp³-hybridized carbons (Fsp3) is 0.286. The molecule has 0 spiro atoms. The standard InChI is InChI=1S/C21H22N4O2S/c26-20-19(23-24-21(28)22-13-16-9-6-12-27-16)17-10-4-5-11-18(17)25(20)14-15-7-2-1-3-8-15/h1-5,7-8,10-11,16,26H,6,9,12-14H2,(H,22,28)/t16-/m0/s1. The van der Waals surface area contributed by atoms with Crippen molar-refractivity contribution in [3.05, 3.63) is 60.2 Å². The Kier molecular flexibility index (Phi) is 5.64. The molecule has 1 fully saturated rings. The first-order valence-electron chi connectivity index (χ1n) is 9.37. The van der Waals surface area contributed by atoms with Crippen molar-refractivity contribution in [2.75, 3.05) is 13.2 Å². The van der Waals surface area contributed by atoms with Crippen molar-refractivity contribution in [2.24, 2.45) is 10.2 Å². The van der Waals surface area contributed by atoms with E-state index in [0.717, 1.165) is 35.9 Å². The molecule has 1 aliphatic heterocycles. The monoisotopic (exact) mass is 394 g/mol. The van der Waals surface area contributed by atoms with E-state index in [1.54, 1.807) is 0 Å². The predicted molar refractivity (Wildman–Crippen MR) is 113 cm³/mol. The van der Waals surface area contributed by atoms with Crippen molar-refractivity contribution in [3.63, 3.8) is 0 Å². The molecule has 1 aliphatic rings. The lowest BCUT2D eigenvalue weighted by atomic mass is 10.2. The van der Waals surface area contributed by atoms with Gasteiger partial charge in [-0.05, 0) is 36.7 Å². The number of azo groups is 1. The van der Waals surface area contributed by atoms with Crippen molar-refractivity contribution in [1.29, 1.82) is 0 Å². The highest BCUT2D eigenvalue weighted by molar-refractivity contribution is 7.80. The van der Waals surface area contributed by atoms with Gasteiger partial charge in [-0.25, -0.2) is 0 Å². The van der Waals surface area contributed by atoms with Crippen molar-refractivity contribution in [2.45, 2.75) is 25.5 Å². The number of rotatable bonds is 5. The Morgan fingerprint density at radius 3 is 2.75 bits per heavy atom. The summed E-state index contributed by atoms with van der Waals surface area (Å²) in [5.41, 5.74) is 2.42. The Hall–Kier alpha value is -2.77. The number of ether oxygens (including phenoxy) is 1. The molecule has 0 radical (unpaired) electrons. The highest BCUT2D eigenvalue weighted by Gasteiger charge is 2.17. The molecular formula is C21H22N4O2S. The van der Waals surface area contributed by atoms with E-state index in [1.807, 2.05) is 59.2 Å². The highest BCUT2D eigenvalue weighted by Crippen LogP contribution is 2.39. The van der Waals surface area contributed by atoms with E-state index in [4.69, 9.17) is 17.0 Å². The summed E-state index contributed by atoms with van der Waals surface area (Å²) in [5.74, 6) is 0.0794. The fourth-order valence-electron chi connectivity index (χ4n) is 3.43. The van der Waals surface area contributed by atoms with Gasteiger partial charge in [-0.2, -0.15) is 0 Å². The predicted octanol–water partition coefficient (Wildman–Crippen LogP) is 4.53. The molecule has 144 valence electrons. The van der Waals surface area contributed by atoms with Gasteiger partial charge in [0.2, 0.25) is 11.0 Å². The van der Waals surface area contributed by atoms with Gasteiger partial charge in [-0.1, -0.05) is 48.5 Å². The van der Waals surface area contributed by atoms with Crippen LogP contribution in [0.25, 0.3) is 10.9 Å². The number of fused-ring (bicyclic) bond motifs is 1. The first-order chi connectivity index (χ1) is 13.7. The summed E-state index contributed by atoms with van der Waals surface area (Å²) < 4.78 is 7.40. The second-order valence-electron chi connectivity index (χ2n) is 6.78. The van der Waals surface area contributed by atoms with Gasteiger partial charge < -0.3 is 19.7 Å². The second kappa shape index (κ2) is 8.50. The van der Waals surface area contributed by atoms with Gasteiger partial charge in [-0.15, -0.1) is 10.2 Å². The summed E-state index contributed by atoms with van der Waals surface area (Å²) in [6, 6.07) is 17.7. The number of para-hydroxylation sites is 1. The molecule has 2 N–H and O–H groups in total. The number of aromatic hydroxyl groups is 1. The van der Waals surface area contributed by atoms with E-state index in [0.29, 0.717) is 18.8 Å². The quantitative estimate of drug-likeness (QED) is 0.493. The zero-order valence-corrected chi connectivity index (χ0v) is 16.2. The lowest BCUT2D eigenvalue weighted by Gasteiger charge is -2.09. The number of nitrogens with one attached hydrogen (secondary N) is 1. The van der Waals surface area contributed by atoms with Gasteiger partial charge in [0.1, 0.15) is 0 Å². The SMILES string of the molecule is Oc1c(N=NC(=S)NC[C@@H]2CCCO2)c2ccccc2n1Cc1ccccc1. The summed E-state index contributed by atoms with van der Waals surface area (Å²) >= 11 is 5.25. The molecule has 0 saturated carbocycles. The molecule has 28 heavy (non-hydrogen) atoms. The van der Waals surface area contributed by atoms with Crippen LogP contribution in [0.5, 0.6) is 5.88 Å². The summed E-state index contributed by atoms with van der Waals surface area (Å²) in [5, 5.41) is 23.4. The lowest BCUT2D eigenvalue weighted by Crippen LogP contribution is -2.29. The summed E-state index contributed by atoms with van der Waals surface area (Å²) in [6.45, 7) is 1.97. The van der Waals surface area contributed by atoms with Gasteiger partial charge in [0.15, 0.2) is 5.69 Å². The third kappa shape index (κ3) is 4.05. The second-order valence-corrected chi connectivity index (χ2v) is 7.17. The molecule has 6 nitrogen and oxygen atoms in total. The maximum Gasteiger partial charge on any atom is 0.221 e. The van der Waals surface area contributed by atoms with Gasteiger partial charge in [0, 0.05) is 18.5 Å². The molecule has 7 heteroatoms. The molecule has 1 aromatic heterocycles. The van der Waals surface area contributed by atoms with Crippen molar-refractivity contribution in [3.8, 4) is 5.88 Å². The first-order valence-corrected chi connectivity index (χ1v) is 9.78. The van der Waals surface area contributed by atoms with E-state index in [1.165, 1.54) is 0 Å². The Morgan fingerprint density at radius 2 is 1.96 bits per heavy atom. The fourth-order valence-corrected chi connectivity index (χ4v) is 3.56. The van der Waals surface area contributed by atoms with Crippen LogP contribution >= 0.6 is 12.2 Å². The van der Waals surface area contributed by atoms with Crippen LogP contribution < -0.4 is 5.32 Å². The van der Waals surface area contributed by atoms with Crippen molar-refractivity contribution < 1.29 is 9.84 Å². The normalized spacial score (nSPS) is 16.8. The van der Waals surface area contributed by atoms with Gasteiger partial charge in [0.05, 0.1) is 18.2 Å². The highest BCUT2D eigenvalue weighted by atomic mass is 32.1. The average molecular weight is 395 g/mol. The Labute approximate surface area is 168 Å². The minimum atomic E-state index is 0.0794. The van der Waals surface area contributed by atoms with Crippen LogP contribution in [0.1, 0.15) is 18.4 Å². The third-order valence-electron chi connectivity index (χ3n) is 4.85. The molecule has 1 atom stereocenters. The average Bonchev–Trinajstić information content (AvgIpc) is 3.33. The van der Waals surface area contributed by atoms with Crippen LogP contribution in [0.3, 0.4) is 0 Å². The summed E-state index contributed by atoms with van der Waals surface area (Å²) in [7, 11) is 0. The molecule has 2 aromatic carbocycles. The smallest absolute Gasteiger partial charge is 0.221 e. The zero-order valence-electron chi connectivity index (χ0n) is 15.4. The molecular weight excluding hydrogens is 372 g/mol. The maximum atomic E-state index is 10.8. The molecule has 0 unspecified atom stereocenters. The van der Waals surface area contributed by atoms with Crippen LogP contribution in [0.4, 0.5) is 5.69 Å². The number of hydrogen-bond acceptors (Lipinski definition) is 4. The third-order valence-corrected chi connectivity index (χ3v) is 5.07. The van der Waals surface area contributed by atoms with Crippen molar-refractivity contribution in [1.82, 2.24) is 9.88 Å². The molecule has 4 rings (SSSR count). The number of aromatic nitrogens is 1. The number of thiocarbonyl (C=S) groups is 1. The first kappa shape index (κ1) is 18.6. The molecule has 1 saturated heterocycles. The van der Waals surface area contributed by atoms with Crippen LogP contribution in [0.15, 0.2) is 64.8 Å². The number of benzene rings is 2. The Morgan fingerprint density at radius 1 is 1.18 bits per heavy atom. The maximum absolute atomic E-state index is 10.8. The van der Waals surface area contributed by atoms with Gasteiger partial charge in [-0.3, -0.25) is 0 Å². The van der Waals surface area contributed by atoms with Crippen molar-refractivity contribution >= 4 is 33.9 Å². The van der Waals surface area contributed by atoms with Crippen LogP contribution in [-0.2, 0) is 11.3 Å². The number of hydrogen-bond donors (Lipinski definition) is 2. The largest absolute Gasteiger partial charge is 0.493 e. The Bertz CT molecular complexity index is 994. The van der Waals surface area contributed by atoms with Gasteiger partial charge >= 0.3 is 0 Å². The van der Waals surface area contributed by atoms with Gasteiger partial charge in [0.25, 0.3) is 0 Å². The summed E-state index contributed by atoms with van der Waals surface area (Å²) in [4.78, 5) is 0. The lowest BCUT2D eigenvalue weighted by molar-refractivity contribution is 0.114. The van der Waals surface area contributed by atoms with E-state index in [-0.39, 0.29) is 17.1 Å². The molecule has 0 amide bonds. The molecule has 3 aromatic rings. The minimum absolute atomic E-state index is 0.0794. The molecule has 0 bridgehead atoms. The topological polar surface area (TPSA) is 71.1 Å². The van der Waals surface area contributed by atoms with Crippen LogP contribution in [-0.4, -0.2) is 34.0 Å². The van der Waals surface area contributed by atoms with E-state index < -0.39 is 0 Å². The van der Waals surface area contributed by atoms with E-state index >= 15 is 0 Å². The zero-order chi connectivity index (χ0) is 19.3. The minimum Gasteiger partial charge on any atom is -0.493 e. The van der Waals surface area contributed by atoms with Crippen LogP contribution in [0.2, 0.25) is 0 Å². The van der Waals surface area contributed by atoms with E-state index in [2.05, 4.69) is 15.5 Å². The Balaban J connectivity index is 1.56. The molecule has 0 aliphatic carbocycles. The van der Waals surface area contributed by atoms with Crippen LogP contribution in [0, 0.1) is 0 Å². The summed E-state index contributed by atoms with van der Waals surface area (Å²) in [6.07, 6.45) is 2.28. The molecule has 2 heterocycles. The van der Waals surface area contributed by atoms with E-state index in [9.17, 15) is 5.11 Å².